The van der Waals surface area contributed by atoms with Crippen molar-refractivity contribution in [3.05, 3.63) is 60.3 Å². The Morgan fingerprint density at radius 2 is 1.84 bits per heavy atom. The average Bonchev–Trinajstić information content (AvgIpc) is 2.64. The van der Waals surface area contributed by atoms with E-state index in [4.69, 9.17) is 9.47 Å². The largest absolute Gasteiger partial charge is 0.497 e. The van der Waals surface area contributed by atoms with E-state index in [1.54, 1.807) is 7.11 Å². The molecule has 0 saturated heterocycles. The first-order valence-electron chi connectivity index (χ1n) is 8.57. The van der Waals surface area contributed by atoms with E-state index >= 15 is 0 Å². The van der Waals surface area contributed by atoms with Gasteiger partial charge in [0.25, 0.3) is 0 Å². The number of Topliss-reactive ketones (excluding diaryl/α,β-unsaturated/α-hetero) is 1. The molecule has 1 N–H and O–H groups in total. The molecule has 0 amide bonds. The fourth-order valence-electron chi connectivity index (χ4n) is 2.90. The second-order valence-corrected chi connectivity index (χ2v) is 6.28. The number of carbonyl (C=O) groups excluding carboxylic acids is 1. The minimum atomic E-state index is 0.139. The van der Waals surface area contributed by atoms with Crippen molar-refractivity contribution in [1.29, 1.82) is 0 Å². The van der Waals surface area contributed by atoms with Crippen LogP contribution in [-0.2, 0) is 4.79 Å². The zero-order valence-electron chi connectivity index (χ0n) is 14.6. The Morgan fingerprint density at radius 1 is 1.08 bits per heavy atom. The summed E-state index contributed by atoms with van der Waals surface area (Å²) >= 11 is 0. The number of allylic oxidation sites excluding steroid dienone is 1. The van der Waals surface area contributed by atoms with Crippen molar-refractivity contribution in [1.82, 2.24) is 0 Å². The Kier molecular flexibility index (Phi) is 5.39. The van der Waals surface area contributed by atoms with Gasteiger partial charge in [-0.3, -0.25) is 4.79 Å². The van der Waals surface area contributed by atoms with Crippen LogP contribution in [0.25, 0.3) is 0 Å². The molecule has 1 aliphatic carbocycles. The molecule has 4 nitrogen and oxygen atoms in total. The van der Waals surface area contributed by atoms with E-state index in [9.17, 15) is 4.79 Å². The molecule has 0 spiro atoms. The number of methoxy groups -OCH3 is 1. The molecule has 1 unspecified atom stereocenters. The highest BCUT2D eigenvalue weighted by molar-refractivity contribution is 5.97. The fourth-order valence-corrected chi connectivity index (χ4v) is 2.90. The molecular formula is C21H23NO3. The van der Waals surface area contributed by atoms with Gasteiger partial charge in [0.2, 0.25) is 0 Å². The Balaban J connectivity index is 1.63. The Hall–Kier alpha value is -2.75. The van der Waals surface area contributed by atoms with Crippen LogP contribution in [0.2, 0.25) is 0 Å². The van der Waals surface area contributed by atoms with Gasteiger partial charge in [-0.25, -0.2) is 0 Å². The number of ketones is 1. The van der Waals surface area contributed by atoms with E-state index in [1.807, 2.05) is 61.7 Å². The molecule has 2 aromatic carbocycles. The molecular weight excluding hydrogens is 314 g/mol. The van der Waals surface area contributed by atoms with Gasteiger partial charge in [0.1, 0.15) is 17.2 Å². The van der Waals surface area contributed by atoms with Crippen LogP contribution in [0.5, 0.6) is 17.2 Å². The summed E-state index contributed by atoms with van der Waals surface area (Å²) in [7, 11) is 1.63. The highest BCUT2D eigenvalue weighted by atomic mass is 16.5. The smallest absolute Gasteiger partial charge is 0.163 e. The van der Waals surface area contributed by atoms with Crippen LogP contribution in [0, 0.1) is 5.92 Å². The topological polar surface area (TPSA) is 47.6 Å². The summed E-state index contributed by atoms with van der Waals surface area (Å²) in [6.45, 7) is 2.00. The number of nitrogens with one attached hydrogen (secondary N) is 1. The molecule has 0 aliphatic heterocycles. The van der Waals surface area contributed by atoms with E-state index in [0.717, 1.165) is 47.8 Å². The van der Waals surface area contributed by atoms with Gasteiger partial charge in [-0.05, 0) is 55.7 Å². The third-order valence-electron chi connectivity index (χ3n) is 4.39. The lowest BCUT2D eigenvalue weighted by molar-refractivity contribution is -0.119. The summed E-state index contributed by atoms with van der Waals surface area (Å²) in [4.78, 5) is 12.1. The first-order valence-corrected chi connectivity index (χ1v) is 8.57. The highest BCUT2D eigenvalue weighted by Crippen LogP contribution is 2.27. The number of benzene rings is 2. The third kappa shape index (κ3) is 4.41. The van der Waals surface area contributed by atoms with Gasteiger partial charge in [-0.15, -0.1) is 0 Å². The standard InChI is InChI=1S/C21H23NO3/c1-15-5-3-6-16(21(15)23)14-22-17-9-11-18(12-10-17)25-20-8-4-7-19(13-20)24-2/h4,7-15,22H,3,5-6H2,1-2H3. The van der Waals surface area contributed by atoms with Gasteiger partial charge in [-0.2, -0.15) is 0 Å². The summed E-state index contributed by atoms with van der Waals surface area (Å²) in [5, 5.41) is 3.22. The van der Waals surface area contributed by atoms with E-state index < -0.39 is 0 Å². The molecule has 0 heterocycles. The maximum absolute atomic E-state index is 12.1. The molecule has 1 saturated carbocycles. The van der Waals surface area contributed by atoms with Crippen molar-refractivity contribution in [2.75, 3.05) is 12.4 Å². The molecule has 2 aromatic rings. The van der Waals surface area contributed by atoms with Crippen LogP contribution in [0.4, 0.5) is 5.69 Å². The lowest BCUT2D eigenvalue weighted by Crippen LogP contribution is -2.19. The normalized spacial score (nSPS) is 18.9. The maximum atomic E-state index is 12.1. The number of hydrogen-bond donors (Lipinski definition) is 1. The van der Waals surface area contributed by atoms with E-state index in [-0.39, 0.29) is 11.7 Å². The molecule has 25 heavy (non-hydrogen) atoms. The quantitative estimate of drug-likeness (QED) is 0.764. The van der Waals surface area contributed by atoms with Crippen molar-refractivity contribution in [2.24, 2.45) is 5.92 Å². The lowest BCUT2D eigenvalue weighted by atomic mass is 9.86. The van der Waals surface area contributed by atoms with Crippen LogP contribution in [-0.4, -0.2) is 12.9 Å². The number of ether oxygens (including phenoxy) is 2. The molecule has 1 fully saturated rings. The minimum absolute atomic E-state index is 0.139. The number of anilines is 1. The van der Waals surface area contributed by atoms with Crippen LogP contribution in [0.3, 0.4) is 0 Å². The van der Waals surface area contributed by atoms with E-state index in [0.29, 0.717) is 0 Å². The molecule has 0 radical (unpaired) electrons. The monoisotopic (exact) mass is 337 g/mol. The predicted octanol–water partition coefficient (Wildman–Crippen LogP) is 5.17. The van der Waals surface area contributed by atoms with Crippen molar-refractivity contribution in [2.45, 2.75) is 26.2 Å². The third-order valence-corrected chi connectivity index (χ3v) is 4.39. The van der Waals surface area contributed by atoms with Crippen LogP contribution in [0.1, 0.15) is 26.2 Å². The highest BCUT2D eigenvalue weighted by Gasteiger charge is 2.22. The van der Waals surface area contributed by atoms with Crippen LogP contribution >= 0.6 is 0 Å². The second kappa shape index (κ2) is 7.88. The fraction of sp³-hybridized carbons (Fsp3) is 0.286. The first-order chi connectivity index (χ1) is 12.2. The summed E-state index contributed by atoms with van der Waals surface area (Å²) in [5.74, 6) is 2.63. The first kappa shape index (κ1) is 17.1. The molecule has 130 valence electrons. The molecule has 1 atom stereocenters. The van der Waals surface area contributed by atoms with Crippen LogP contribution < -0.4 is 14.8 Å². The zero-order valence-corrected chi connectivity index (χ0v) is 14.6. The summed E-state index contributed by atoms with van der Waals surface area (Å²) in [5.41, 5.74) is 1.81. The second-order valence-electron chi connectivity index (χ2n) is 6.28. The Morgan fingerprint density at radius 3 is 2.60 bits per heavy atom. The SMILES string of the molecule is COc1cccc(Oc2ccc(NC=C3CCCC(C)C3=O)cc2)c1. The van der Waals surface area contributed by atoms with Crippen molar-refractivity contribution in [3.63, 3.8) is 0 Å². The zero-order chi connectivity index (χ0) is 17.6. The van der Waals surface area contributed by atoms with Gasteiger partial charge in [0.15, 0.2) is 5.78 Å². The molecule has 4 heteroatoms. The average molecular weight is 337 g/mol. The van der Waals surface area contributed by atoms with Gasteiger partial charge in [0.05, 0.1) is 7.11 Å². The molecule has 1 aliphatic rings. The lowest BCUT2D eigenvalue weighted by Gasteiger charge is -2.19. The van der Waals surface area contributed by atoms with E-state index in [1.165, 1.54) is 0 Å². The van der Waals surface area contributed by atoms with Crippen LogP contribution in [0.15, 0.2) is 60.3 Å². The molecule has 3 rings (SSSR count). The van der Waals surface area contributed by atoms with Gasteiger partial charge in [0, 0.05) is 29.4 Å². The van der Waals surface area contributed by atoms with Crippen molar-refractivity contribution < 1.29 is 14.3 Å². The summed E-state index contributed by atoms with van der Waals surface area (Å²) in [6.07, 6.45) is 4.77. The van der Waals surface area contributed by atoms with Gasteiger partial charge >= 0.3 is 0 Å². The summed E-state index contributed by atoms with van der Waals surface area (Å²) in [6, 6.07) is 15.1. The molecule has 0 bridgehead atoms. The van der Waals surface area contributed by atoms with Gasteiger partial charge < -0.3 is 14.8 Å². The maximum Gasteiger partial charge on any atom is 0.163 e. The Labute approximate surface area is 148 Å². The van der Waals surface area contributed by atoms with Crippen molar-refractivity contribution >= 4 is 11.5 Å². The number of hydrogen-bond acceptors (Lipinski definition) is 4. The number of rotatable bonds is 5. The minimum Gasteiger partial charge on any atom is -0.497 e. The van der Waals surface area contributed by atoms with Crippen molar-refractivity contribution in [3.8, 4) is 17.2 Å². The predicted molar refractivity (Wildman–Crippen MR) is 99.2 cm³/mol. The number of carbonyl (C=O) groups is 1. The van der Waals surface area contributed by atoms with E-state index in [2.05, 4.69) is 5.32 Å². The Bertz CT molecular complexity index is 765. The summed E-state index contributed by atoms with van der Waals surface area (Å²) < 4.78 is 11.0. The molecule has 0 aromatic heterocycles. The van der Waals surface area contributed by atoms with Gasteiger partial charge in [-0.1, -0.05) is 13.0 Å².